The second kappa shape index (κ2) is 5.72. The summed E-state index contributed by atoms with van der Waals surface area (Å²) in [4.78, 5) is 14.1. The zero-order valence-corrected chi connectivity index (χ0v) is 11.8. The van der Waals surface area contributed by atoms with E-state index in [4.69, 9.17) is 10.5 Å². The molecule has 0 bridgehead atoms. The fourth-order valence-electron chi connectivity index (χ4n) is 2.55. The van der Waals surface area contributed by atoms with Crippen LogP contribution in [0, 0.1) is 13.8 Å². The molecule has 0 aliphatic carbocycles. The Bertz CT molecular complexity index is 453. The zero-order valence-electron chi connectivity index (χ0n) is 11.8. The van der Waals surface area contributed by atoms with Crippen LogP contribution in [0.1, 0.15) is 24.0 Å². The quantitative estimate of drug-likeness (QED) is 0.903. The normalized spacial score (nSPS) is 22.5. The summed E-state index contributed by atoms with van der Waals surface area (Å²) in [5.74, 6) is 0.0148. The maximum Gasteiger partial charge on any atom is 0.255 e. The molecule has 0 radical (unpaired) electrons. The number of aryl methyl sites for hydroxylation is 2. The average Bonchev–Trinajstić information content (AvgIpc) is 2.84. The molecule has 2 rings (SSSR count). The fourth-order valence-corrected chi connectivity index (χ4v) is 2.55. The van der Waals surface area contributed by atoms with E-state index in [9.17, 15) is 4.79 Å². The SMILES string of the molecule is Cc1cc(C)cc(N(C)C(=O)[C@@H]2CC[C@H](CN)O2)c1. The molecule has 0 aromatic heterocycles. The van der Waals surface area contributed by atoms with Crippen LogP contribution >= 0.6 is 0 Å². The van der Waals surface area contributed by atoms with Crippen LogP contribution in [0.3, 0.4) is 0 Å². The van der Waals surface area contributed by atoms with Gasteiger partial charge in [-0.15, -0.1) is 0 Å². The van der Waals surface area contributed by atoms with E-state index in [1.165, 1.54) is 0 Å². The molecule has 19 heavy (non-hydrogen) atoms. The molecule has 1 amide bonds. The Morgan fingerprint density at radius 3 is 2.47 bits per heavy atom. The summed E-state index contributed by atoms with van der Waals surface area (Å²) >= 11 is 0. The molecule has 104 valence electrons. The van der Waals surface area contributed by atoms with Gasteiger partial charge in [0.25, 0.3) is 5.91 Å². The zero-order chi connectivity index (χ0) is 14.0. The van der Waals surface area contributed by atoms with Crippen molar-refractivity contribution in [1.82, 2.24) is 0 Å². The van der Waals surface area contributed by atoms with Crippen molar-refractivity contribution in [3.8, 4) is 0 Å². The van der Waals surface area contributed by atoms with Gasteiger partial charge < -0.3 is 15.4 Å². The van der Waals surface area contributed by atoms with Crippen molar-refractivity contribution in [1.29, 1.82) is 0 Å². The standard InChI is InChI=1S/C15H22N2O2/c1-10-6-11(2)8-12(7-10)17(3)15(18)14-5-4-13(9-16)19-14/h6-8,13-14H,4-5,9,16H2,1-3H3/t13-,14+/m1/s1. The molecule has 1 fully saturated rings. The van der Waals surface area contributed by atoms with E-state index in [2.05, 4.69) is 6.07 Å². The molecule has 1 aromatic rings. The summed E-state index contributed by atoms with van der Waals surface area (Å²) in [7, 11) is 1.80. The van der Waals surface area contributed by atoms with Gasteiger partial charge >= 0.3 is 0 Å². The Labute approximate surface area is 114 Å². The first kappa shape index (κ1) is 14.0. The number of carbonyl (C=O) groups excluding carboxylic acids is 1. The number of rotatable bonds is 3. The summed E-state index contributed by atoms with van der Waals surface area (Å²) in [6.07, 6.45) is 1.31. The summed E-state index contributed by atoms with van der Waals surface area (Å²) in [6.45, 7) is 4.55. The third kappa shape index (κ3) is 3.14. The Morgan fingerprint density at radius 2 is 1.95 bits per heavy atom. The van der Waals surface area contributed by atoms with Crippen LogP contribution in [0.15, 0.2) is 18.2 Å². The first-order valence-electron chi connectivity index (χ1n) is 6.72. The Kier molecular flexibility index (Phi) is 4.22. The maximum absolute atomic E-state index is 12.4. The van der Waals surface area contributed by atoms with Crippen molar-refractivity contribution in [2.45, 2.75) is 38.9 Å². The summed E-state index contributed by atoms with van der Waals surface area (Å²) in [6, 6.07) is 6.12. The number of nitrogens with zero attached hydrogens (tertiary/aromatic N) is 1. The van der Waals surface area contributed by atoms with Crippen LogP contribution in [-0.2, 0) is 9.53 Å². The minimum atomic E-state index is -0.348. The molecule has 4 heteroatoms. The van der Waals surface area contributed by atoms with Gasteiger partial charge in [-0.25, -0.2) is 0 Å². The van der Waals surface area contributed by atoms with Crippen LogP contribution in [0.5, 0.6) is 0 Å². The van der Waals surface area contributed by atoms with E-state index in [-0.39, 0.29) is 18.1 Å². The molecule has 0 unspecified atom stereocenters. The van der Waals surface area contributed by atoms with Gasteiger partial charge in [0.15, 0.2) is 0 Å². The predicted octanol–water partition coefficient (Wildman–Crippen LogP) is 1.77. The van der Waals surface area contributed by atoms with Crippen LogP contribution in [0.2, 0.25) is 0 Å². The summed E-state index contributed by atoms with van der Waals surface area (Å²) in [5.41, 5.74) is 8.80. The van der Waals surface area contributed by atoms with Gasteiger partial charge in [0.1, 0.15) is 6.10 Å². The van der Waals surface area contributed by atoms with Crippen LogP contribution < -0.4 is 10.6 Å². The molecule has 0 spiro atoms. The second-order valence-corrected chi connectivity index (χ2v) is 5.30. The first-order chi connectivity index (χ1) is 9.01. The average molecular weight is 262 g/mol. The number of likely N-dealkylation sites (N-methyl/N-ethyl adjacent to an activating group) is 1. The lowest BCUT2D eigenvalue weighted by Gasteiger charge is -2.22. The molecule has 4 nitrogen and oxygen atoms in total. The molecule has 1 heterocycles. The maximum atomic E-state index is 12.4. The lowest BCUT2D eigenvalue weighted by atomic mass is 10.1. The second-order valence-electron chi connectivity index (χ2n) is 5.30. The highest BCUT2D eigenvalue weighted by Crippen LogP contribution is 2.24. The fraction of sp³-hybridized carbons (Fsp3) is 0.533. The number of hydrogen-bond acceptors (Lipinski definition) is 3. The molecular formula is C15H22N2O2. The smallest absolute Gasteiger partial charge is 0.255 e. The lowest BCUT2D eigenvalue weighted by Crippen LogP contribution is -2.37. The highest BCUT2D eigenvalue weighted by Gasteiger charge is 2.32. The van der Waals surface area contributed by atoms with Crippen LogP contribution in [0.4, 0.5) is 5.69 Å². The number of benzene rings is 1. The van der Waals surface area contributed by atoms with Crippen LogP contribution in [0.25, 0.3) is 0 Å². The van der Waals surface area contributed by atoms with Gasteiger partial charge in [0.05, 0.1) is 6.10 Å². The van der Waals surface area contributed by atoms with Crippen molar-refractivity contribution in [2.75, 3.05) is 18.5 Å². The monoisotopic (exact) mass is 262 g/mol. The molecule has 1 aliphatic heterocycles. The van der Waals surface area contributed by atoms with E-state index in [1.54, 1.807) is 11.9 Å². The number of carbonyl (C=O) groups is 1. The third-order valence-electron chi connectivity index (χ3n) is 3.57. The molecule has 2 N–H and O–H groups in total. The molecule has 0 saturated carbocycles. The van der Waals surface area contributed by atoms with E-state index in [0.717, 1.165) is 29.7 Å². The van der Waals surface area contributed by atoms with E-state index in [1.807, 2.05) is 26.0 Å². The van der Waals surface area contributed by atoms with E-state index in [0.29, 0.717) is 6.54 Å². The van der Waals surface area contributed by atoms with Gasteiger partial charge in [-0.1, -0.05) is 6.07 Å². The summed E-state index contributed by atoms with van der Waals surface area (Å²) < 4.78 is 5.66. The third-order valence-corrected chi connectivity index (χ3v) is 3.57. The van der Waals surface area contributed by atoms with Gasteiger partial charge in [0.2, 0.25) is 0 Å². The summed E-state index contributed by atoms with van der Waals surface area (Å²) in [5, 5.41) is 0. The van der Waals surface area contributed by atoms with Gasteiger partial charge in [0, 0.05) is 19.3 Å². The largest absolute Gasteiger partial charge is 0.364 e. The molecule has 2 atom stereocenters. The van der Waals surface area contributed by atoms with Gasteiger partial charge in [-0.3, -0.25) is 4.79 Å². The molecular weight excluding hydrogens is 240 g/mol. The number of nitrogens with two attached hydrogens (primary N) is 1. The molecule has 1 saturated heterocycles. The Balaban J connectivity index is 2.10. The van der Waals surface area contributed by atoms with E-state index < -0.39 is 0 Å². The van der Waals surface area contributed by atoms with Gasteiger partial charge in [-0.05, 0) is 49.9 Å². The highest BCUT2D eigenvalue weighted by molar-refractivity contribution is 5.96. The minimum absolute atomic E-state index is 0.0148. The molecule has 1 aliphatic rings. The van der Waals surface area contributed by atoms with Gasteiger partial charge in [-0.2, -0.15) is 0 Å². The van der Waals surface area contributed by atoms with Crippen molar-refractivity contribution in [3.05, 3.63) is 29.3 Å². The van der Waals surface area contributed by atoms with Crippen LogP contribution in [-0.4, -0.2) is 31.7 Å². The van der Waals surface area contributed by atoms with Crippen molar-refractivity contribution in [2.24, 2.45) is 5.73 Å². The Morgan fingerprint density at radius 1 is 1.32 bits per heavy atom. The van der Waals surface area contributed by atoms with Crippen molar-refractivity contribution >= 4 is 11.6 Å². The van der Waals surface area contributed by atoms with Crippen molar-refractivity contribution in [3.63, 3.8) is 0 Å². The molecule has 1 aromatic carbocycles. The number of amides is 1. The number of hydrogen-bond donors (Lipinski definition) is 1. The topological polar surface area (TPSA) is 55.6 Å². The minimum Gasteiger partial charge on any atom is -0.364 e. The lowest BCUT2D eigenvalue weighted by molar-refractivity contribution is -0.128. The van der Waals surface area contributed by atoms with E-state index >= 15 is 0 Å². The number of anilines is 1. The predicted molar refractivity (Wildman–Crippen MR) is 76.3 cm³/mol. The first-order valence-corrected chi connectivity index (χ1v) is 6.72. The Hall–Kier alpha value is -1.39. The number of ether oxygens (including phenoxy) is 1. The highest BCUT2D eigenvalue weighted by atomic mass is 16.5. The van der Waals surface area contributed by atoms with Crippen molar-refractivity contribution < 1.29 is 9.53 Å².